The highest BCUT2D eigenvalue weighted by Crippen LogP contribution is 2.34. The Kier molecular flexibility index (Phi) is 7.21. The molecule has 2 aliphatic rings. The molecule has 2 heterocycles. The van der Waals surface area contributed by atoms with E-state index in [1.165, 1.54) is 12.8 Å². The van der Waals surface area contributed by atoms with Crippen molar-refractivity contribution in [3.63, 3.8) is 0 Å². The summed E-state index contributed by atoms with van der Waals surface area (Å²) in [5.74, 6) is 1.54. The smallest absolute Gasteiger partial charge is 0.416 e. The minimum absolute atomic E-state index is 0.156. The molecule has 1 amide bonds. The molecule has 0 N–H and O–H groups in total. The second-order valence-corrected chi connectivity index (χ2v) is 9.57. The van der Waals surface area contributed by atoms with Crippen LogP contribution >= 0.6 is 11.6 Å². The van der Waals surface area contributed by atoms with E-state index in [4.69, 9.17) is 21.1 Å². The van der Waals surface area contributed by atoms with Crippen LogP contribution in [0.25, 0.3) is 0 Å². The van der Waals surface area contributed by atoms with Gasteiger partial charge in [-0.3, -0.25) is 4.90 Å². The minimum Gasteiger partial charge on any atom is -0.490 e. The molecule has 1 saturated carbocycles. The molecule has 32 heavy (non-hydrogen) atoms. The highest BCUT2D eigenvalue weighted by Gasteiger charge is 2.33. The zero-order chi connectivity index (χ0) is 22.7. The summed E-state index contributed by atoms with van der Waals surface area (Å²) < 4.78 is 11.5. The standard InChI is InChI=1S/C25H32ClN3O3/c1-17-6-4-8-24(27-17)32-25(30)28(3)15-19-12-22(13-19)31-21-10-9-20(23(26)14-21)16-29-11-5-7-18(29)2/h4,6,8-10,14,18-19,22H,5,7,11-13,15-16H2,1-3H3/t18-,19?,22?/m0/s1. The predicted molar refractivity (Wildman–Crippen MR) is 125 cm³/mol. The third-order valence-electron chi connectivity index (χ3n) is 6.48. The fraction of sp³-hybridized carbons (Fsp3) is 0.520. The molecule has 1 aromatic heterocycles. The molecule has 0 spiro atoms. The average Bonchev–Trinajstić information content (AvgIpc) is 3.12. The third-order valence-corrected chi connectivity index (χ3v) is 6.83. The van der Waals surface area contributed by atoms with Crippen molar-refractivity contribution < 1.29 is 14.3 Å². The van der Waals surface area contributed by atoms with Crippen LogP contribution in [0.15, 0.2) is 36.4 Å². The van der Waals surface area contributed by atoms with E-state index in [0.29, 0.717) is 24.4 Å². The van der Waals surface area contributed by atoms with Gasteiger partial charge >= 0.3 is 6.09 Å². The number of likely N-dealkylation sites (tertiary alicyclic amines) is 1. The number of hydrogen-bond acceptors (Lipinski definition) is 5. The summed E-state index contributed by atoms with van der Waals surface area (Å²) in [6.45, 7) is 6.82. The van der Waals surface area contributed by atoms with Crippen LogP contribution in [0, 0.1) is 12.8 Å². The number of aryl methyl sites for hydroxylation is 1. The first-order chi connectivity index (χ1) is 15.4. The van der Waals surface area contributed by atoms with Gasteiger partial charge in [0.25, 0.3) is 0 Å². The summed E-state index contributed by atoms with van der Waals surface area (Å²) in [6.07, 6.45) is 4.11. The third kappa shape index (κ3) is 5.73. The lowest BCUT2D eigenvalue weighted by Crippen LogP contribution is -2.42. The molecule has 172 valence electrons. The first kappa shape index (κ1) is 22.9. The zero-order valence-electron chi connectivity index (χ0n) is 19.1. The van der Waals surface area contributed by atoms with Crippen LogP contribution in [-0.2, 0) is 6.54 Å². The number of nitrogens with zero attached hydrogens (tertiary/aromatic N) is 3. The highest BCUT2D eigenvalue weighted by molar-refractivity contribution is 6.31. The summed E-state index contributed by atoms with van der Waals surface area (Å²) in [6, 6.07) is 12.0. The largest absolute Gasteiger partial charge is 0.490 e. The van der Waals surface area contributed by atoms with Gasteiger partial charge in [-0.25, -0.2) is 9.78 Å². The quantitative estimate of drug-likeness (QED) is 0.563. The number of carbonyl (C=O) groups is 1. The number of halogens is 1. The van der Waals surface area contributed by atoms with E-state index in [9.17, 15) is 4.79 Å². The van der Waals surface area contributed by atoms with Crippen molar-refractivity contribution in [2.24, 2.45) is 5.92 Å². The Labute approximate surface area is 195 Å². The molecular weight excluding hydrogens is 426 g/mol. The second kappa shape index (κ2) is 10.1. The molecule has 0 radical (unpaired) electrons. The summed E-state index contributed by atoms with van der Waals surface area (Å²) in [5.41, 5.74) is 1.97. The number of ether oxygens (including phenoxy) is 2. The lowest BCUT2D eigenvalue weighted by Gasteiger charge is -2.37. The number of carbonyl (C=O) groups excluding carboxylic acids is 1. The lowest BCUT2D eigenvalue weighted by atomic mass is 9.82. The van der Waals surface area contributed by atoms with Gasteiger partial charge in [0.2, 0.25) is 5.88 Å². The first-order valence-electron chi connectivity index (χ1n) is 11.4. The van der Waals surface area contributed by atoms with Crippen LogP contribution < -0.4 is 9.47 Å². The van der Waals surface area contributed by atoms with Gasteiger partial charge in [0.1, 0.15) is 5.75 Å². The Bertz CT molecular complexity index is 948. The molecule has 2 fully saturated rings. The van der Waals surface area contributed by atoms with Gasteiger partial charge < -0.3 is 14.4 Å². The maximum atomic E-state index is 12.3. The Balaban J connectivity index is 1.21. The van der Waals surface area contributed by atoms with Crippen molar-refractivity contribution in [3.8, 4) is 11.6 Å². The molecule has 1 aromatic carbocycles. The van der Waals surface area contributed by atoms with Crippen molar-refractivity contribution in [1.82, 2.24) is 14.8 Å². The second-order valence-electron chi connectivity index (χ2n) is 9.16. The molecule has 4 rings (SSSR count). The van der Waals surface area contributed by atoms with E-state index in [1.807, 2.05) is 31.2 Å². The van der Waals surface area contributed by atoms with Crippen LogP contribution in [0.2, 0.25) is 5.02 Å². The van der Waals surface area contributed by atoms with Gasteiger partial charge in [0, 0.05) is 43.0 Å². The normalized spacial score (nSPS) is 22.9. The number of pyridine rings is 1. The topological polar surface area (TPSA) is 54.9 Å². The molecule has 7 heteroatoms. The van der Waals surface area contributed by atoms with Gasteiger partial charge in [-0.1, -0.05) is 23.7 Å². The lowest BCUT2D eigenvalue weighted by molar-refractivity contribution is 0.0482. The minimum atomic E-state index is -0.387. The SMILES string of the molecule is Cc1cccc(OC(=O)N(C)CC2CC(Oc3ccc(CN4CCC[C@@H]4C)c(Cl)c3)C2)n1. The van der Waals surface area contributed by atoms with E-state index in [2.05, 4.69) is 22.9 Å². The molecule has 2 aromatic rings. The van der Waals surface area contributed by atoms with Gasteiger partial charge in [0.15, 0.2) is 0 Å². The van der Waals surface area contributed by atoms with E-state index < -0.39 is 0 Å². The maximum Gasteiger partial charge on any atom is 0.416 e. The van der Waals surface area contributed by atoms with Crippen LogP contribution in [-0.4, -0.2) is 53.2 Å². The fourth-order valence-electron chi connectivity index (χ4n) is 4.49. The predicted octanol–water partition coefficient (Wildman–Crippen LogP) is 5.32. The summed E-state index contributed by atoms with van der Waals surface area (Å²) in [4.78, 5) is 20.6. The van der Waals surface area contributed by atoms with Gasteiger partial charge in [-0.15, -0.1) is 0 Å². The molecular formula is C25H32ClN3O3. The first-order valence-corrected chi connectivity index (χ1v) is 11.8. The molecule has 1 aliphatic carbocycles. The Morgan fingerprint density at radius 1 is 1.28 bits per heavy atom. The van der Waals surface area contributed by atoms with Crippen molar-refractivity contribution >= 4 is 17.7 Å². The van der Waals surface area contributed by atoms with Crippen LogP contribution in [0.4, 0.5) is 4.79 Å². The molecule has 1 aliphatic heterocycles. The number of rotatable bonds is 7. The summed E-state index contributed by atoms with van der Waals surface area (Å²) in [7, 11) is 1.76. The Morgan fingerprint density at radius 2 is 2.09 bits per heavy atom. The van der Waals surface area contributed by atoms with Gasteiger partial charge in [-0.05, 0) is 75.8 Å². The van der Waals surface area contributed by atoms with Crippen LogP contribution in [0.1, 0.15) is 43.9 Å². The van der Waals surface area contributed by atoms with Crippen molar-refractivity contribution in [1.29, 1.82) is 0 Å². The number of benzene rings is 1. The van der Waals surface area contributed by atoms with Crippen molar-refractivity contribution in [2.45, 2.75) is 58.2 Å². The number of aromatic nitrogens is 1. The molecule has 6 nitrogen and oxygen atoms in total. The number of hydrogen-bond donors (Lipinski definition) is 0. The van der Waals surface area contributed by atoms with Crippen molar-refractivity contribution in [3.05, 3.63) is 52.7 Å². The monoisotopic (exact) mass is 457 g/mol. The Morgan fingerprint density at radius 3 is 2.78 bits per heavy atom. The fourth-order valence-corrected chi connectivity index (χ4v) is 4.72. The summed E-state index contributed by atoms with van der Waals surface area (Å²) in [5, 5.41) is 0.768. The van der Waals surface area contributed by atoms with Crippen LogP contribution in [0.5, 0.6) is 11.6 Å². The maximum absolute atomic E-state index is 12.3. The van der Waals surface area contributed by atoms with E-state index in [1.54, 1.807) is 18.0 Å². The molecule has 1 saturated heterocycles. The highest BCUT2D eigenvalue weighted by atomic mass is 35.5. The van der Waals surface area contributed by atoms with E-state index in [0.717, 1.165) is 48.0 Å². The van der Waals surface area contributed by atoms with Crippen LogP contribution in [0.3, 0.4) is 0 Å². The summed E-state index contributed by atoms with van der Waals surface area (Å²) >= 11 is 6.54. The Hall–Kier alpha value is -2.31. The zero-order valence-corrected chi connectivity index (χ0v) is 19.8. The molecule has 1 atom stereocenters. The molecule has 0 unspecified atom stereocenters. The van der Waals surface area contributed by atoms with Gasteiger partial charge in [-0.2, -0.15) is 0 Å². The van der Waals surface area contributed by atoms with E-state index >= 15 is 0 Å². The number of amides is 1. The van der Waals surface area contributed by atoms with E-state index in [-0.39, 0.29) is 12.2 Å². The molecule has 0 bridgehead atoms. The average molecular weight is 458 g/mol. The van der Waals surface area contributed by atoms with Gasteiger partial charge in [0.05, 0.1) is 6.10 Å². The van der Waals surface area contributed by atoms with Crippen molar-refractivity contribution in [2.75, 3.05) is 20.1 Å².